The van der Waals surface area contributed by atoms with Crippen LogP contribution in [0.25, 0.3) is 0 Å². The largest absolute Gasteiger partial charge is 0.450 e. The van der Waals surface area contributed by atoms with Crippen molar-refractivity contribution >= 4 is 17.5 Å². The van der Waals surface area contributed by atoms with Crippen LogP contribution in [0.1, 0.15) is 32.6 Å². The van der Waals surface area contributed by atoms with Crippen LogP contribution in [0.15, 0.2) is 24.3 Å². The summed E-state index contributed by atoms with van der Waals surface area (Å²) in [6.45, 7) is 2.15. The molecule has 1 aliphatic carbocycles. The maximum Gasteiger partial charge on any atom is 0.411 e. The molecule has 1 saturated carbocycles. The Kier molecular flexibility index (Phi) is 5.87. The lowest BCUT2D eigenvalue weighted by Gasteiger charge is -2.28. The highest BCUT2D eigenvalue weighted by molar-refractivity contribution is 5.84. The Morgan fingerprint density at radius 2 is 1.76 bits per heavy atom. The number of hydrogen-bond donors (Lipinski definition) is 2. The van der Waals surface area contributed by atoms with Gasteiger partial charge in [-0.3, -0.25) is 5.32 Å². The zero-order valence-corrected chi connectivity index (χ0v) is 12.7. The van der Waals surface area contributed by atoms with Gasteiger partial charge < -0.3 is 14.8 Å². The molecule has 0 radical (unpaired) electrons. The van der Waals surface area contributed by atoms with Crippen LogP contribution in [0.2, 0.25) is 0 Å². The summed E-state index contributed by atoms with van der Waals surface area (Å²) >= 11 is 0. The second-order valence-electron chi connectivity index (χ2n) is 5.28. The first-order chi connectivity index (χ1) is 10.2. The van der Waals surface area contributed by atoms with Gasteiger partial charge in [0.15, 0.2) is 0 Å². The van der Waals surface area contributed by atoms with Gasteiger partial charge >= 0.3 is 6.09 Å². The molecule has 1 aromatic carbocycles. The fourth-order valence-electron chi connectivity index (χ4n) is 2.61. The fraction of sp³-hybridized carbons (Fsp3) is 0.562. The lowest BCUT2D eigenvalue weighted by Crippen LogP contribution is -2.29. The number of amides is 1. The molecule has 1 aromatic rings. The molecule has 5 nitrogen and oxygen atoms in total. The summed E-state index contributed by atoms with van der Waals surface area (Å²) in [5.74, 6) is 0. The van der Waals surface area contributed by atoms with Crippen molar-refractivity contribution in [3.05, 3.63) is 24.3 Å². The number of carbonyl (C=O) groups is 1. The van der Waals surface area contributed by atoms with Gasteiger partial charge in [-0.05, 0) is 56.9 Å². The van der Waals surface area contributed by atoms with Gasteiger partial charge in [0.05, 0.1) is 12.7 Å². The van der Waals surface area contributed by atoms with E-state index in [-0.39, 0.29) is 0 Å². The third-order valence-corrected chi connectivity index (χ3v) is 3.79. The first-order valence-corrected chi connectivity index (χ1v) is 7.54. The first kappa shape index (κ1) is 15.6. The van der Waals surface area contributed by atoms with Gasteiger partial charge in [-0.1, -0.05) is 0 Å². The highest BCUT2D eigenvalue weighted by Gasteiger charge is 2.20. The van der Waals surface area contributed by atoms with Crippen molar-refractivity contribution in [3.63, 3.8) is 0 Å². The molecule has 0 atom stereocenters. The first-order valence-electron chi connectivity index (χ1n) is 7.54. The summed E-state index contributed by atoms with van der Waals surface area (Å²) in [5, 5.41) is 6.21. The van der Waals surface area contributed by atoms with Gasteiger partial charge in [-0.2, -0.15) is 0 Å². The summed E-state index contributed by atoms with van der Waals surface area (Å²) in [4.78, 5) is 11.3. The number of nitrogens with one attached hydrogen (secondary N) is 2. The topological polar surface area (TPSA) is 59.6 Å². The Hall–Kier alpha value is -1.75. The Bertz CT molecular complexity index is 439. The minimum atomic E-state index is -0.420. The average Bonchev–Trinajstić information content (AvgIpc) is 2.50. The average molecular weight is 292 g/mol. The third-order valence-electron chi connectivity index (χ3n) is 3.79. The molecule has 1 amide bonds. The molecule has 0 unspecified atom stereocenters. The minimum Gasteiger partial charge on any atom is -0.450 e. The van der Waals surface area contributed by atoms with Crippen LogP contribution < -0.4 is 10.6 Å². The maximum absolute atomic E-state index is 11.3. The van der Waals surface area contributed by atoms with E-state index < -0.39 is 6.09 Å². The summed E-state index contributed by atoms with van der Waals surface area (Å²) < 4.78 is 10.2. The normalized spacial score (nSPS) is 21.6. The summed E-state index contributed by atoms with van der Waals surface area (Å²) in [6.07, 6.45) is 4.46. The second-order valence-corrected chi connectivity index (χ2v) is 5.28. The third kappa shape index (κ3) is 4.93. The van der Waals surface area contributed by atoms with Crippen molar-refractivity contribution in [1.82, 2.24) is 0 Å². The van der Waals surface area contributed by atoms with Gasteiger partial charge in [0.2, 0.25) is 0 Å². The molecule has 2 N–H and O–H groups in total. The Labute approximate surface area is 126 Å². The zero-order valence-electron chi connectivity index (χ0n) is 12.7. The minimum absolute atomic E-state index is 0.371. The Balaban J connectivity index is 1.81. The van der Waals surface area contributed by atoms with E-state index in [1.165, 1.54) is 0 Å². The van der Waals surface area contributed by atoms with Crippen molar-refractivity contribution in [1.29, 1.82) is 0 Å². The SMILES string of the molecule is CCOC(=O)Nc1ccc(NC2CCC(OC)CC2)cc1. The van der Waals surface area contributed by atoms with Gasteiger partial charge in [0.1, 0.15) is 0 Å². The molecule has 0 aliphatic heterocycles. The van der Waals surface area contributed by atoms with Gasteiger partial charge in [0.25, 0.3) is 0 Å². The highest BCUT2D eigenvalue weighted by Crippen LogP contribution is 2.24. The lowest BCUT2D eigenvalue weighted by molar-refractivity contribution is 0.0682. The van der Waals surface area contributed by atoms with Crippen molar-refractivity contribution in [2.75, 3.05) is 24.4 Å². The molecular formula is C16H24N2O3. The monoisotopic (exact) mass is 292 g/mol. The zero-order chi connectivity index (χ0) is 15.1. The molecule has 0 saturated heterocycles. The van der Waals surface area contributed by atoms with E-state index in [9.17, 15) is 4.79 Å². The fourth-order valence-corrected chi connectivity index (χ4v) is 2.61. The van der Waals surface area contributed by atoms with E-state index in [4.69, 9.17) is 9.47 Å². The smallest absolute Gasteiger partial charge is 0.411 e. The van der Waals surface area contributed by atoms with Crippen molar-refractivity contribution in [2.24, 2.45) is 0 Å². The summed E-state index contributed by atoms with van der Waals surface area (Å²) in [7, 11) is 1.79. The molecule has 2 rings (SSSR count). The van der Waals surface area contributed by atoms with Crippen molar-refractivity contribution in [2.45, 2.75) is 44.8 Å². The van der Waals surface area contributed by atoms with Crippen LogP contribution >= 0.6 is 0 Å². The molecular weight excluding hydrogens is 268 g/mol. The molecule has 0 aromatic heterocycles. The molecule has 116 valence electrons. The van der Waals surface area contributed by atoms with E-state index >= 15 is 0 Å². The van der Waals surface area contributed by atoms with Gasteiger partial charge in [-0.25, -0.2) is 4.79 Å². The molecule has 21 heavy (non-hydrogen) atoms. The highest BCUT2D eigenvalue weighted by atomic mass is 16.5. The quantitative estimate of drug-likeness (QED) is 0.870. The number of ether oxygens (including phenoxy) is 2. The number of anilines is 2. The summed E-state index contributed by atoms with van der Waals surface area (Å²) in [6, 6.07) is 8.20. The predicted molar refractivity (Wildman–Crippen MR) is 83.8 cm³/mol. The molecule has 0 bridgehead atoms. The van der Waals surface area contributed by atoms with Gasteiger partial charge in [-0.15, -0.1) is 0 Å². The number of rotatable bonds is 5. The second kappa shape index (κ2) is 7.88. The predicted octanol–water partition coefficient (Wildman–Crippen LogP) is 3.62. The maximum atomic E-state index is 11.3. The number of carbonyl (C=O) groups excluding carboxylic acids is 1. The number of hydrogen-bond acceptors (Lipinski definition) is 4. The van der Waals surface area contributed by atoms with Crippen molar-refractivity contribution < 1.29 is 14.3 Å². The van der Waals surface area contributed by atoms with Crippen LogP contribution in [0.5, 0.6) is 0 Å². The standard InChI is InChI=1S/C16H24N2O3/c1-3-21-16(19)18-14-6-4-12(5-7-14)17-13-8-10-15(20-2)11-9-13/h4-7,13,15,17H,3,8-11H2,1-2H3,(H,18,19). The number of methoxy groups -OCH3 is 1. The number of benzene rings is 1. The molecule has 1 aliphatic rings. The van der Waals surface area contributed by atoms with Gasteiger partial charge in [0, 0.05) is 24.5 Å². The Morgan fingerprint density at radius 3 is 2.33 bits per heavy atom. The van der Waals surface area contributed by atoms with E-state index in [0.717, 1.165) is 37.1 Å². The molecule has 0 heterocycles. The van der Waals surface area contributed by atoms with E-state index in [1.807, 2.05) is 24.3 Å². The van der Waals surface area contributed by atoms with E-state index in [0.29, 0.717) is 18.8 Å². The van der Waals surface area contributed by atoms with Crippen molar-refractivity contribution in [3.8, 4) is 0 Å². The summed E-state index contributed by atoms with van der Waals surface area (Å²) in [5.41, 5.74) is 1.81. The van der Waals surface area contributed by atoms with E-state index in [2.05, 4.69) is 10.6 Å². The lowest BCUT2D eigenvalue weighted by atomic mass is 9.93. The molecule has 0 spiro atoms. The van der Waals surface area contributed by atoms with E-state index in [1.54, 1.807) is 14.0 Å². The van der Waals surface area contributed by atoms with Crippen LogP contribution in [0, 0.1) is 0 Å². The Morgan fingerprint density at radius 1 is 1.14 bits per heavy atom. The van der Waals surface area contributed by atoms with Crippen LogP contribution in [0.3, 0.4) is 0 Å². The van der Waals surface area contributed by atoms with Crippen LogP contribution in [0.4, 0.5) is 16.2 Å². The molecule has 5 heteroatoms. The van der Waals surface area contributed by atoms with Crippen LogP contribution in [-0.2, 0) is 9.47 Å². The molecule has 1 fully saturated rings. The van der Waals surface area contributed by atoms with Crippen LogP contribution in [-0.4, -0.2) is 32.0 Å².